The second kappa shape index (κ2) is 10.5. The molecular weight excluding hydrogens is 545 g/mol. The smallest absolute Gasteiger partial charge is 0.274 e. The summed E-state index contributed by atoms with van der Waals surface area (Å²) in [6.07, 6.45) is 3.69. The van der Waals surface area contributed by atoms with E-state index < -0.39 is 5.91 Å². The van der Waals surface area contributed by atoms with E-state index in [9.17, 15) is 9.59 Å². The van der Waals surface area contributed by atoms with Gasteiger partial charge in [-0.3, -0.25) is 9.59 Å². The highest BCUT2D eigenvalue weighted by Gasteiger charge is 2.26. The van der Waals surface area contributed by atoms with Crippen LogP contribution in [0.1, 0.15) is 33.7 Å². The largest absolute Gasteiger partial charge is 0.437 e. The third-order valence-electron chi connectivity index (χ3n) is 5.36. The van der Waals surface area contributed by atoms with Crippen LogP contribution in [0.25, 0.3) is 5.82 Å². The van der Waals surface area contributed by atoms with Crippen molar-refractivity contribution in [3.63, 3.8) is 0 Å². The summed E-state index contributed by atoms with van der Waals surface area (Å²) in [5, 5.41) is 14.3. The molecular formula is C24H18Cl3N5O3S. The van der Waals surface area contributed by atoms with Crippen LogP contribution in [0.15, 0.2) is 53.4 Å². The maximum atomic E-state index is 13.5. The number of rotatable bonds is 8. The van der Waals surface area contributed by atoms with Crippen molar-refractivity contribution in [2.45, 2.75) is 12.8 Å². The summed E-state index contributed by atoms with van der Waals surface area (Å²) in [7, 11) is 0. The predicted octanol–water partition coefficient (Wildman–Crippen LogP) is 6.47. The van der Waals surface area contributed by atoms with Gasteiger partial charge in [0.05, 0.1) is 21.3 Å². The number of carbonyl (C=O) groups is 2. The van der Waals surface area contributed by atoms with Crippen molar-refractivity contribution in [2.75, 3.05) is 11.9 Å². The molecule has 1 aliphatic carbocycles. The lowest BCUT2D eigenvalue weighted by Crippen LogP contribution is -2.27. The molecule has 1 fully saturated rings. The lowest BCUT2D eigenvalue weighted by molar-refractivity contribution is 0.0952. The van der Waals surface area contributed by atoms with E-state index in [1.807, 2.05) is 5.38 Å². The number of hydrogen-bond donors (Lipinski definition) is 2. The maximum absolute atomic E-state index is 13.5. The normalized spacial score (nSPS) is 12.9. The van der Waals surface area contributed by atoms with Crippen LogP contribution in [0.5, 0.6) is 11.6 Å². The first-order valence-electron chi connectivity index (χ1n) is 10.9. The average Bonchev–Trinajstić information content (AvgIpc) is 3.36. The summed E-state index contributed by atoms with van der Waals surface area (Å²) in [4.78, 5) is 30.7. The van der Waals surface area contributed by atoms with Crippen molar-refractivity contribution in [1.29, 1.82) is 0 Å². The lowest BCUT2D eigenvalue weighted by atomic mass is 10.1. The minimum absolute atomic E-state index is 0.0659. The first kappa shape index (κ1) is 24.6. The van der Waals surface area contributed by atoms with Crippen molar-refractivity contribution in [1.82, 2.24) is 20.1 Å². The van der Waals surface area contributed by atoms with Crippen LogP contribution in [0.4, 0.5) is 5.69 Å². The van der Waals surface area contributed by atoms with Crippen molar-refractivity contribution in [2.24, 2.45) is 5.92 Å². The van der Waals surface area contributed by atoms with Gasteiger partial charge < -0.3 is 15.4 Å². The molecule has 0 bridgehead atoms. The number of ether oxygens (including phenoxy) is 1. The van der Waals surface area contributed by atoms with Gasteiger partial charge in [-0.2, -0.15) is 0 Å². The highest BCUT2D eigenvalue weighted by Crippen LogP contribution is 2.33. The van der Waals surface area contributed by atoms with Crippen LogP contribution in [-0.2, 0) is 0 Å². The highest BCUT2D eigenvalue weighted by molar-refractivity contribution is 7.08. The fourth-order valence-electron chi connectivity index (χ4n) is 3.41. The zero-order valence-electron chi connectivity index (χ0n) is 18.5. The van der Waals surface area contributed by atoms with E-state index in [0.29, 0.717) is 18.2 Å². The summed E-state index contributed by atoms with van der Waals surface area (Å²) in [5.41, 5.74) is 0.342. The van der Waals surface area contributed by atoms with Crippen molar-refractivity contribution in [3.8, 4) is 17.4 Å². The SMILES string of the molecule is O=C(NCC1CC1)c1cc(Cl)cc(Cl)c1NC(=O)c1cc(Oc2ccsc2)nn1-c1ncccc1Cl. The quantitative estimate of drug-likeness (QED) is 0.256. The van der Waals surface area contributed by atoms with Crippen LogP contribution < -0.4 is 15.4 Å². The number of hydrogen-bond acceptors (Lipinski definition) is 6. The van der Waals surface area contributed by atoms with E-state index in [0.717, 1.165) is 12.8 Å². The molecule has 36 heavy (non-hydrogen) atoms. The van der Waals surface area contributed by atoms with Crippen molar-refractivity contribution >= 4 is 63.6 Å². The third-order valence-corrected chi connectivity index (χ3v) is 6.84. The van der Waals surface area contributed by atoms with Gasteiger partial charge in [-0.1, -0.05) is 34.8 Å². The number of carbonyl (C=O) groups excluding carboxylic acids is 2. The monoisotopic (exact) mass is 561 g/mol. The van der Waals surface area contributed by atoms with E-state index >= 15 is 0 Å². The van der Waals surface area contributed by atoms with Gasteiger partial charge in [0.2, 0.25) is 5.88 Å². The molecule has 0 spiro atoms. The Morgan fingerprint density at radius 3 is 2.67 bits per heavy atom. The number of benzene rings is 1. The molecule has 2 N–H and O–H groups in total. The maximum Gasteiger partial charge on any atom is 0.274 e. The van der Waals surface area contributed by atoms with Gasteiger partial charge in [0.1, 0.15) is 11.4 Å². The minimum Gasteiger partial charge on any atom is -0.437 e. The standard InChI is InChI=1S/C24H18Cl3N5O3S/c25-14-8-16(23(33)29-11-13-3-4-13)21(18(27)9-14)30-24(34)19-10-20(35-15-5-7-36-12-15)31-32(19)22-17(26)2-1-6-28-22/h1-2,5-10,12-13H,3-4,11H2,(H,29,33)(H,30,34). The number of pyridine rings is 1. The molecule has 1 saturated carbocycles. The number of aromatic nitrogens is 3. The van der Waals surface area contributed by atoms with Crippen LogP contribution in [0.2, 0.25) is 15.1 Å². The zero-order valence-corrected chi connectivity index (χ0v) is 21.6. The van der Waals surface area contributed by atoms with Crippen LogP contribution in [0, 0.1) is 5.92 Å². The molecule has 0 aliphatic heterocycles. The number of nitrogens with zero attached hydrogens (tertiary/aromatic N) is 3. The molecule has 1 aromatic carbocycles. The Hall–Kier alpha value is -3.11. The highest BCUT2D eigenvalue weighted by atomic mass is 35.5. The van der Waals surface area contributed by atoms with Crippen LogP contribution in [0.3, 0.4) is 0 Å². The lowest BCUT2D eigenvalue weighted by Gasteiger charge is -2.14. The molecule has 3 heterocycles. The summed E-state index contributed by atoms with van der Waals surface area (Å²) in [5.74, 6) is 0.438. The van der Waals surface area contributed by atoms with E-state index in [1.54, 1.807) is 23.6 Å². The number of amides is 2. The zero-order chi connectivity index (χ0) is 25.2. The van der Waals surface area contributed by atoms with E-state index in [2.05, 4.69) is 20.7 Å². The van der Waals surface area contributed by atoms with Gasteiger partial charge in [-0.05, 0) is 54.5 Å². The predicted molar refractivity (Wildman–Crippen MR) is 140 cm³/mol. The van der Waals surface area contributed by atoms with E-state index in [-0.39, 0.29) is 49.6 Å². The number of thiophene rings is 1. The Labute approximate surface area is 225 Å². The number of anilines is 1. The molecule has 12 heteroatoms. The Bertz CT molecular complexity index is 1440. The number of nitrogens with one attached hydrogen (secondary N) is 2. The first-order valence-corrected chi connectivity index (χ1v) is 13.0. The fourth-order valence-corrected chi connectivity index (χ4v) is 4.70. The summed E-state index contributed by atoms with van der Waals surface area (Å²) in [6, 6.07) is 9.44. The molecule has 2 amide bonds. The molecule has 8 nitrogen and oxygen atoms in total. The van der Waals surface area contributed by atoms with Gasteiger partial charge in [0, 0.05) is 29.2 Å². The molecule has 0 saturated heterocycles. The Kier molecular flexibility index (Phi) is 7.15. The Morgan fingerprint density at radius 1 is 1.11 bits per heavy atom. The van der Waals surface area contributed by atoms with Gasteiger partial charge in [-0.15, -0.1) is 16.4 Å². The van der Waals surface area contributed by atoms with Gasteiger partial charge in [0.25, 0.3) is 11.8 Å². The van der Waals surface area contributed by atoms with Crippen LogP contribution >= 0.6 is 46.1 Å². The fraction of sp³-hybridized carbons (Fsp3) is 0.167. The van der Waals surface area contributed by atoms with E-state index in [4.69, 9.17) is 39.5 Å². The molecule has 0 radical (unpaired) electrons. The first-order chi connectivity index (χ1) is 17.4. The second-order valence-electron chi connectivity index (χ2n) is 8.07. The topological polar surface area (TPSA) is 98.1 Å². The molecule has 4 aromatic rings. The Morgan fingerprint density at radius 2 is 1.94 bits per heavy atom. The second-order valence-corrected chi connectivity index (χ2v) is 10.1. The van der Waals surface area contributed by atoms with Crippen LogP contribution in [-0.4, -0.2) is 33.1 Å². The third kappa shape index (κ3) is 5.49. The van der Waals surface area contributed by atoms with Gasteiger partial charge in [-0.25, -0.2) is 9.67 Å². The minimum atomic E-state index is -0.607. The average molecular weight is 563 g/mol. The Balaban J connectivity index is 1.49. The van der Waals surface area contributed by atoms with E-state index in [1.165, 1.54) is 40.4 Å². The van der Waals surface area contributed by atoms with Gasteiger partial charge in [0.15, 0.2) is 5.82 Å². The molecule has 0 unspecified atom stereocenters. The molecule has 5 rings (SSSR count). The molecule has 0 atom stereocenters. The summed E-state index contributed by atoms with van der Waals surface area (Å²) in [6.45, 7) is 0.546. The van der Waals surface area contributed by atoms with Crippen molar-refractivity contribution < 1.29 is 14.3 Å². The van der Waals surface area contributed by atoms with Gasteiger partial charge >= 0.3 is 0 Å². The van der Waals surface area contributed by atoms with Crippen molar-refractivity contribution in [3.05, 3.63) is 79.7 Å². The molecule has 184 valence electrons. The summed E-state index contributed by atoms with van der Waals surface area (Å²) >= 11 is 20.4. The summed E-state index contributed by atoms with van der Waals surface area (Å²) < 4.78 is 7.06. The molecule has 1 aliphatic rings. The number of halogens is 3. The molecule has 3 aromatic heterocycles.